The van der Waals surface area contributed by atoms with Crippen molar-refractivity contribution in [2.45, 2.75) is 18.7 Å². The van der Waals surface area contributed by atoms with Crippen LogP contribution >= 0.6 is 35.0 Å². The minimum atomic E-state index is -0.482. The van der Waals surface area contributed by atoms with E-state index in [0.717, 1.165) is 5.56 Å². The lowest BCUT2D eigenvalue weighted by Crippen LogP contribution is -2.14. The highest BCUT2D eigenvalue weighted by Crippen LogP contribution is 2.34. The number of aromatic nitrogens is 2. The fourth-order valence-electron chi connectivity index (χ4n) is 2.70. The summed E-state index contributed by atoms with van der Waals surface area (Å²) in [6.07, 6.45) is 1.79. The molecule has 0 spiro atoms. The lowest BCUT2D eigenvalue weighted by molar-refractivity contribution is 0.269. The fraction of sp³-hybridized carbons (Fsp3) is 0.190. The third-order valence-electron chi connectivity index (χ3n) is 4.10. The van der Waals surface area contributed by atoms with Crippen LogP contribution in [-0.2, 0) is 6.61 Å². The summed E-state index contributed by atoms with van der Waals surface area (Å²) in [5, 5.41) is 10.8. The first kappa shape index (κ1) is 22.0. The molecule has 6 nitrogen and oxygen atoms in total. The molecule has 0 amide bonds. The highest BCUT2D eigenvalue weighted by molar-refractivity contribution is 7.98. The second-order valence-electron chi connectivity index (χ2n) is 6.04. The van der Waals surface area contributed by atoms with Crippen molar-refractivity contribution in [3.63, 3.8) is 0 Å². The zero-order chi connectivity index (χ0) is 21.7. The lowest BCUT2D eigenvalue weighted by atomic mass is 10.1. The van der Waals surface area contributed by atoms with Gasteiger partial charge in [-0.15, -0.1) is 0 Å². The summed E-state index contributed by atoms with van der Waals surface area (Å²) < 4.78 is 11.6. The Kier molecular flexibility index (Phi) is 7.27. The molecule has 154 valence electrons. The van der Waals surface area contributed by atoms with Gasteiger partial charge in [0.2, 0.25) is 0 Å². The van der Waals surface area contributed by atoms with Crippen LogP contribution < -0.4 is 15.0 Å². The van der Waals surface area contributed by atoms with Gasteiger partial charge in [-0.05, 0) is 49.1 Å². The largest absolute Gasteiger partial charge is 0.490 e. The van der Waals surface area contributed by atoms with Crippen LogP contribution in [0.3, 0.4) is 0 Å². The van der Waals surface area contributed by atoms with Gasteiger partial charge in [0, 0.05) is 5.56 Å². The number of rotatable bonds is 7. The Morgan fingerprint density at radius 2 is 1.93 bits per heavy atom. The van der Waals surface area contributed by atoms with Gasteiger partial charge in [-0.3, -0.25) is 4.79 Å². The van der Waals surface area contributed by atoms with Crippen LogP contribution in [0.15, 0.2) is 46.3 Å². The van der Waals surface area contributed by atoms with Gasteiger partial charge in [-0.25, -0.2) is 4.98 Å². The standard InChI is InChI=1S/C21H17Cl2N3O3S/c1-3-28-18-9-13(19-14(10-24)20(27)26-21(25-19)30-2)5-7-17(18)29-11-12-4-6-15(22)16(23)8-12/h4-9H,3,11H2,1-2H3,(H,25,26,27). The molecule has 0 unspecified atom stereocenters. The van der Waals surface area contributed by atoms with Crippen molar-refractivity contribution >= 4 is 35.0 Å². The van der Waals surface area contributed by atoms with Crippen LogP contribution in [0.4, 0.5) is 0 Å². The maximum Gasteiger partial charge on any atom is 0.270 e. The van der Waals surface area contributed by atoms with Crippen molar-refractivity contribution in [3.8, 4) is 28.8 Å². The van der Waals surface area contributed by atoms with Crippen LogP contribution in [0.25, 0.3) is 11.3 Å². The molecule has 0 radical (unpaired) electrons. The predicted octanol–water partition coefficient (Wildman–Crippen LogP) is 5.31. The smallest absolute Gasteiger partial charge is 0.270 e. The maximum atomic E-state index is 12.2. The second-order valence-corrected chi connectivity index (χ2v) is 7.65. The first-order valence-corrected chi connectivity index (χ1v) is 10.9. The highest BCUT2D eigenvalue weighted by Gasteiger charge is 2.16. The monoisotopic (exact) mass is 461 g/mol. The molecule has 0 aliphatic rings. The molecule has 1 N–H and O–H groups in total. The van der Waals surface area contributed by atoms with E-state index in [9.17, 15) is 10.1 Å². The summed E-state index contributed by atoms with van der Waals surface area (Å²) in [5.41, 5.74) is 1.19. The summed E-state index contributed by atoms with van der Waals surface area (Å²) >= 11 is 13.3. The SMILES string of the molecule is CCOc1cc(-c2nc(SC)[nH]c(=O)c2C#N)ccc1OCc1ccc(Cl)c(Cl)c1. The normalized spacial score (nSPS) is 10.5. The Hall–Kier alpha value is -2.66. The van der Waals surface area contributed by atoms with E-state index < -0.39 is 5.56 Å². The first-order valence-electron chi connectivity index (χ1n) is 8.89. The Bertz CT molecular complexity index is 1180. The Morgan fingerprint density at radius 1 is 1.13 bits per heavy atom. The molecule has 0 saturated carbocycles. The predicted molar refractivity (Wildman–Crippen MR) is 119 cm³/mol. The average Bonchev–Trinajstić information content (AvgIpc) is 2.74. The third-order valence-corrected chi connectivity index (χ3v) is 5.42. The van der Waals surface area contributed by atoms with Gasteiger partial charge >= 0.3 is 0 Å². The molecule has 9 heteroatoms. The number of nitriles is 1. The number of benzene rings is 2. The van der Waals surface area contributed by atoms with E-state index in [0.29, 0.717) is 44.6 Å². The quantitative estimate of drug-likeness (QED) is 0.378. The Balaban J connectivity index is 1.96. The van der Waals surface area contributed by atoms with Crippen LogP contribution in [-0.4, -0.2) is 22.8 Å². The number of nitrogens with one attached hydrogen (secondary N) is 1. The fourth-order valence-corrected chi connectivity index (χ4v) is 3.39. The lowest BCUT2D eigenvalue weighted by Gasteiger charge is -2.14. The van der Waals surface area contributed by atoms with E-state index in [4.69, 9.17) is 32.7 Å². The van der Waals surface area contributed by atoms with E-state index in [2.05, 4.69) is 9.97 Å². The van der Waals surface area contributed by atoms with Crippen molar-refractivity contribution < 1.29 is 9.47 Å². The molecule has 30 heavy (non-hydrogen) atoms. The molecule has 0 fully saturated rings. The molecule has 1 heterocycles. The van der Waals surface area contributed by atoms with Gasteiger partial charge in [0.05, 0.1) is 22.3 Å². The number of thioether (sulfide) groups is 1. The molecular formula is C21H17Cl2N3O3S. The number of H-pyrrole nitrogens is 1. The molecule has 0 bridgehead atoms. The van der Waals surface area contributed by atoms with Gasteiger partial charge in [-0.1, -0.05) is 41.0 Å². The number of nitrogens with zero attached hydrogens (tertiary/aromatic N) is 2. The second kappa shape index (κ2) is 9.90. The average molecular weight is 462 g/mol. The molecule has 3 rings (SSSR count). The zero-order valence-corrected chi connectivity index (χ0v) is 18.5. The minimum absolute atomic E-state index is 0.0558. The van der Waals surface area contributed by atoms with Crippen molar-refractivity contribution in [1.29, 1.82) is 5.26 Å². The van der Waals surface area contributed by atoms with Gasteiger partial charge in [0.1, 0.15) is 18.2 Å². The van der Waals surface area contributed by atoms with Crippen LogP contribution in [0.5, 0.6) is 11.5 Å². The van der Waals surface area contributed by atoms with Gasteiger partial charge in [-0.2, -0.15) is 5.26 Å². The number of hydrogen-bond acceptors (Lipinski definition) is 6. The van der Waals surface area contributed by atoms with Crippen molar-refractivity contribution in [2.75, 3.05) is 12.9 Å². The summed E-state index contributed by atoms with van der Waals surface area (Å²) in [6.45, 7) is 2.53. The number of hydrogen-bond donors (Lipinski definition) is 1. The van der Waals surface area contributed by atoms with Crippen molar-refractivity contribution in [1.82, 2.24) is 9.97 Å². The molecule has 0 atom stereocenters. The Morgan fingerprint density at radius 3 is 2.60 bits per heavy atom. The van der Waals surface area contributed by atoms with Crippen LogP contribution in [0.2, 0.25) is 10.0 Å². The van der Waals surface area contributed by atoms with E-state index in [-0.39, 0.29) is 12.2 Å². The van der Waals surface area contributed by atoms with E-state index >= 15 is 0 Å². The molecule has 0 aliphatic heterocycles. The molecular weight excluding hydrogens is 445 g/mol. The molecule has 2 aromatic carbocycles. The summed E-state index contributed by atoms with van der Waals surface area (Å²) in [4.78, 5) is 19.2. The number of aromatic amines is 1. The molecule has 0 saturated heterocycles. The number of ether oxygens (including phenoxy) is 2. The van der Waals surface area contributed by atoms with E-state index in [1.54, 1.807) is 36.6 Å². The van der Waals surface area contributed by atoms with E-state index in [1.165, 1.54) is 11.8 Å². The zero-order valence-electron chi connectivity index (χ0n) is 16.2. The van der Waals surface area contributed by atoms with Crippen molar-refractivity contribution in [2.24, 2.45) is 0 Å². The summed E-state index contributed by atoms with van der Waals surface area (Å²) in [7, 11) is 0. The van der Waals surface area contributed by atoms with Gasteiger partial charge < -0.3 is 14.5 Å². The van der Waals surface area contributed by atoms with Gasteiger partial charge in [0.25, 0.3) is 5.56 Å². The van der Waals surface area contributed by atoms with Crippen LogP contribution in [0, 0.1) is 11.3 Å². The van der Waals surface area contributed by atoms with Gasteiger partial charge in [0.15, 0.2) is 16.7 Å². The first-order chi connectivity index (χ1) is 14.5. The third kappa shape index (κ3) is 4.90. The minimum Gasteiger partial charge on any atom is -0.490 e. The highest BCUT2D eigenvalue weighted by atomic mass is 35.5. The number of halogens is 2. The summed E-state index contributed by atoms with van der Waals surface area (Å²) in [5.74, 6) is 0.992. The molecule has 3 aromatic rings. The summed E-state index contributed by atoms with van der Waals surface area (Å²) in [6, 6.07) is 12.4. The molecule has 1 aromatic heterocycles. The van der Waals surface area contributed by atoms with Crippen LogP contribution in [0.1, 0.15) is 18.1 Å². The molecule has 0 aliphatic carbocycles. The van der Waals surface area contributed by atoms with Crippen molar-refractivity contribution in [3.05, 3.63) is 67.9 Å². The maximum absolute atomic E-state index is 12.2. The van der Waals surface area contributed by atoms with E-state index in [1.807, 2.05) is 19.1 Å². The Labute approximate surface area is 187 Å². The topological polar surface area (TPSA) is 88.0 Å².